The van der Waals surface area contributed by atoms with Crippen LogP contribution in [0, 0.1) is 0 Å². The molecule has 3 N–H and O–H groups in total. The number of hydrogen-bond acceptors (Lipinski definition) is 9. The van der Waals surface area contributed by atoms with Crippen molar-refractivity contribution in [3.05, 3.63) is 35.7 Å². The Morgan fingerprint density at radius 3 is 2.50 bits per heavy atom. The van der Waals surface area contributed by atoms with Crippen LogP contribution in [0.15, 0.2) is 28.8 Å². The molecule has 0 bridgehead atoms. The standard InChI is InChI=1S/C18H21N3O7/c1-9(22)19-8-13-16(24)15(23)12(27-13)7-14-20-17(21-28-14)10-3-5-11(6-4-10)18(25)26-2/h3-6,12-13,15-16,23-24H,7-8H2,1-2H3,(H,19,22)/t12-,13+,15-,16+/m0/s1. The monoisotopic (exact) mass is 391 g/mol. The first-order valence-electron chi connectivity index (χ1n) is 8.66. The van der Waals surface area contributed by atoms with Gasteiger partial charge in [0.05, 0.1) is 25.2 Å². The van der Waals surface area contributed by atoms with Crippen molar-refractivity contribution in [2.75, 3.05) is 13.7 Å². The molecule has 2 aromatic rings. The van der Waals surface area contributed by atoms with Gasteiger partial charge in [0.2, 0.25) is 17.6 Å². The van der Waals surface area contributed by atoms with Crippen LogP contribution in [-0.4, -0.2) is 70.3 Å². The van der Waals surface area contributed by atoms with Crippen LogP contribution < -0.4 is 5.32 Å². The number of esters is 1. The molecule has 10 nitrogen and oxygen atoms in total. The third-order valence-electron chi connectivity index (χ3n) is 4.42. The van der Waals surface area contributed by atoms with E-state index in [0.29, 0.717) is 17.0 Å². The van der Waals surface area contributed by atoms with E-state index in [1.807, 2.05) is 0 Å². The van der Waals surface area contributed by atoms with Crippen LogP contribution in [0.25, 0.3) is 11.4 Å². The molecule has 3 rings (SSSR count). The highest BCUT2D eigenvalue weighted by molar-refractivity contribution is 5.89. The van der Waals surface area contributed by atoms with Gasteiger partial charge in [-0.05, 0) is 12.1 Å². The Kier molecular flexibility index (Phi) is 6.02. The Labute approximate surface area is 160 Å². The third kappa shape index (κ3) is 4.35. The fraction of sp³-hybridized carbons (Fsp3) is 0.444. The molecule has 4 atom stereocenters. The largest absolute Gasteiger partial charge is 0.465 e. The van der Waals surface area contributed by atoms with Crippen molar-refractivity contribution in [2.45, 2.75) is 37.8 Å². The van der Waals surface area contributed by atoms with Crippen molar-refractivity contribution >= 4 is 11.9 Å². The van der Waals surface area contributed by atoms with Gasteiger partial charge in [-0.1, -0.05) is 17.3 Å². The minimum absolute atomic E-state index is 0.0890. The molecule has 1 aromatic carbocycles. The molecule has 1 aliphatic rings. The Bertz CT molecular complexity index is 836. The molecule has 1 aromatic heterocycles. The van der Waals surface area contributed by atoms with Crippen LogP contribution in [0.4, 0.5) is 0 Å². The minimum atomic E-state index is -1.14. The number of rotatable bonds is 6. The molecule has 1 fully saturated rings. The number of nitrogens with zero attached hydrogens (tertiary/aromatic N) is 2. The van der Waals surface area contributed by atoms with E-state index >= 15 is 0 Å². The molecule has 0 radical (unpaired) electrons. The van der Waals surface area contributed by atoms with Crippen LogP contribution in [0.5, 0.6) is 0 Å². The van der Waals surface area contributed by atoms with Crippen molar-refractivity contribution in [1.29, 1.82) is 0 Å². The number of ether oxygens (including phenoxy) is 2. The first-order valence-corrected chi connectivity index (χ1v) is 8.66. The van der Waals surface area contributed by atoms with E-state index in [9.17, 15) is 19.8 Å². The molecule has 150 valence electrons. The van der Waals surface area contributed by atoms with Crippen molar-refractivity contribution in [3.63, 3.8) is 0 Å². The lowest BCUT2D eigenvalue weighted by molar-refractivity contribution is -0.119. The molecular formula is C18H21N3O7. The summed E-state index contributed by atoms with van der Waals surface area (Å²) in [4.78, 5) is 26.7. The second kappa shape index (κ2) is 8.46. The molecule has 28 heavy (non-hydrogen) atoms. The molecule has 0 unspecified atom stereocenters. The summed E-state index contributed by atoms with van der Waals surface area (Å²) in [5.74, 6) is -0.161. The lowest BCUT2D eigenvalue weighted by Gasteiger charge is -2.14. The highest BCUT2D eigenvalue weighted by Crippen LogP contribution is 2.25. The topological polar surface area (TPSA) is 144 Å². The molecule has 0 saturated carbocycles. The van der Waals surface area contributed by atoms with Gasteiger partial charge >= 0.3 is 5.97 Å². The first kappa shape index (κ1) is 19.9. The zero-order valence-corrected chi connectivity index (χ0v) is 15.4. The highest BCUT2D eigenvalue weighted by atomic mass is 16.5. The first-order chi connectivity index (χ1) is 13.4. The number of carbonyl (C=O) groups is 2. The average molecular weight is 391 g/mol. The summed E-state index contributed by atoms with van der Waals surface area (Å²) in [5.41, 5.74) is 1.04. The number of methoxy groups -OCH3 is 1. The molecule has 0 aliphatic carbocycles. The molecule has 1 saturated heterocycles. The second-order valence-electron chi connectivity index (χ2n) is 6.42. The SMILES string of the molecule is COC(=O)c1ccc(-c2noc(C[C@@H]3O[C@H](CNC(C)=O)[C@@H](O)[C@H]3O)n2)cc1. The molecule has 2 heterocycles. The Morgan fingerprint density at radius 2 is 1.86 bits per heavy atom. The summed E-state index contributed by atoms with van der Waals surface area (Å²) in [6, 6.07) is 6.50. The molecule has 0 spiro atoms. The lowest BCUT2D eigenvalue weighted by atomic mass is 10.1. The zero-order valence-electron chi connectivity index (χ0n) is 15.4. The fourth-order valence-electron chi connectivity index (χ4n) is 2.91. The summed E-state index contributed by atoms with van der Waals surface area (Å²) >= 11 is 0. The number of aliphatic hydroxyl groups excluding tert-OH is 2. The fourth-order valence-corrected chi connectivity index (χ4v) is 2.91. The van der Waals surface area contributed by atoms with Crippen molar-refractivity contribution in [2.24, 2.45) is 0 Å². The number of amides is 1. The van der Waals surface area contributed by atoms with Gasteiger partial charge in [0.1, 0.15) is 18.3 Å². The van der Waals surface area contributed by atoms with Gasteiger partial charge in [-0.15, -0.1) is 0 Å². The Balaban J connectivity index is 1.64. The van der Waals surface area contributed by atoms with Gasteiger partial charge in [0.15, 0.2) is 0 Å². The van der Waals surface area contributed by atoms with Crippen molar-refractivity contribution in [1.82, 2.24) is 15.5 Å². The predicted octanol–water partition coefficient (Wildman–Crippen LogP) is -0.309. The van der Waals surface area contributed by atoms with Crippen LogP contribution in [0.1, 0.15) is 23.2 Å². The summed E-state index contributed by atoms with van der Waals surface area (Å²) in [6.45, 7) is 1.44. The normalized spacial score (nSPS) is 24.1. The minimum Gasteiger partial charge on any atom is -0.465 e. The van der Waals surface area contributed by atoms with E-state index in [2.05, 4.69) is 20.2 Å². The second-order valence-corrected chi connectivity index (χ2v) is 6.42. The van der Waals surface area contributed by atoms with Crippen LogP contribution in [-0.2, 0) is 20.7 Å². The van der Waals surface area contributed by atoms with E-state index in [1.165, 1.54) is 14.0 Å². The summed E-state index contributed by atoms with van der Waals surface area (Å²) in [6.07, 6.45) is -3.65. The van der Waals surface area contributed by atoms with E-state index in [0.717, 1.165) is 0 Å². The number of aromatic nitrogens is 2. The van der Waals surface area contributed by atoms with E-state index in [1.54, 1.807) is 24.3 Å². The Hall–Kier alpha value is -2.82. The maximum Gasteiger partial charge on any atom is 0.337 e. The maximum atomic E-state index is 11.5. The van der Waals surface area contributed by atoms with E-state index < -0.39 is 30.4 Å². The van der Waals surface area contributed by atoms with Gasteiger partial charge in [-0.25, -0.2) is 4.79 Å². The number of carbonyl (C=O) groups excluding carboxylic acids is 2. The quantitative estimate of drug-likeness (QED) is 0.565. The van der Waals surface area contributed by atoms with Crippen LogP contribution in [0.3, 0.4) is 0 Å². The van der Waals surface area contributed by atoms with Crippen molar-refractivity contribution in [3.8, 4) is 11.4 Å². The molecule has 1 amide bonds. The molecule has 10 heteroatoms. The van der Waals surface area contributed by atoms with E-state index in [-0.39, 0.29) is 24.8 Å². The number of hydrogen-bond donors (Lipinski definition) is 3. The smallest absolute Gasteiger partial charge is 0.337 e. The van der Waals surface area contributed by atoms with Gasteiger partial charge in [-0.3, -0.25) is 4.79 Å². The highest BCUT2D eigenvalue weighted by Gasteiger charge is 2.43. The number of aliphatic hydroxyl groups is 2. The zero-order chi connectivity index (χ0) is 20.3. The van der Waals surface area contributed by atoms with Crippen molar-refractivity contribution < 1.29 is 33.8 Å². The Morgan fingerprint density at radius 1 is 1.18 bits per heavy atom. The molecular weight excluding hydrogens is 370 g/mol. The lowest BCUT2D eigenvalue weighted by Crippen LogP contribution is -2.39. The summed E-state index contributed by atoms with van der Waals surface area (Å²) < 4.78 is 15.5. The third-order valence-corrected chi connectivity index (χ3v) is 4.42. The maximum absolute atomic E-state index is 11.5. The number of nitrogens with one attached hydrogen (secondary N) is 1. The predicted molar refractivity (Wildman–Crippen MR) is 94.1 cm³/mol. The number of benzene rings is 1. The molecule has 1 aliphatic heterocycles. The average Bonchev–Trinajstić information content (AvgIpc) is 3.26. The summed E-state index contributed by atoms with van der Waals surface area (Å²) in [7, 11) is 1.30. The van der Waals surface area contributed by atoms with Gasteiger partial charge in [-0.2, -0.15) is 4.98 Å². The van der Waals surface area contributed by atoms with Crippen LogP contribution in [0.2, 0.25) is 0 Å². The van der Waals surface area contributed by atoms with E-state index in [4.69, 9.17) is 9.26 Å². The van der Waals surface area contributed by atoms with Gasteiger partial charge < -0.3 is 29.5 Å². The summed E-state index contributed by atoms with van der Waals surface area (Å²) in [5, 5.41) is 26.7. The van der Waals surface area contributed by atoms with Gasteiger partial charge in [0.25, 0.3) is 0 Å². The van der Waals surface area contributed by atoms with Gasteiger partial charge in [0, 0.05) is 19.0 Å². The van der Waals surface area contributed by atoms with Crippen LogP contribution >= 0.6 is 0 Å².